The number of anilines is 1. The highest BCUT2D eigenvalue weighted by Gasteiger charge is 2.30. The Balaban J connectivity index is 1.72. The summed E-state index contributed by atoms with van der Waals surface area (Å²) < 4.78 is 38.8. The van der Waals surface area contributed by atoms with Crippen LogP contribution in [0.25, 0.3) is 0 Å². The van der Waals surface area contributed by atoms with Crippen molar-refractivity contribution in [1.82, 2.24) is 5.32 Å². The van der Waals surface area contributed by atoms with E-state index in [-0.39, 0.29) is 0 Å². The van der Waals surface area contributed by atoms with Crippen LogP contribution in [0.5, 0.6) is 0 Å². The first kappa shape index (κ1) is 25.1. The molecule has 0 saturated heterocycles. The van der Waals surface area contributed by atoms with Crippen molar-refractivity contribution in [3.63, 3.8) is 0 Å². The second kappa shape index (κ2) is 12.0. The number of rotatable bonds is 7. The third-order valence-corrected chi connectivity index (χ3v) is 4.91. The van der Waals surface area contributed by atoms with Crippen LogP contribution in [0.3, 0.4) is 0 Å². The fourth-order valence-electron chi connectivity index (χ4n) is 2.95. The average Bonchev–Trinajstić information content (AvgIpc) is 2.82. The van der Waals surface area contributed by atoms with Gasteiger partial charge in [-0.05, 0) is 48.4 Å². The molecule has 0 aliphatic carbocycles. The number of guanidine groups is 1. The quantitative estimate of drug-likeness (QED) is 0.278. The molecule has 0 amide bonds. The van der Waals surface area contributed by atoms with Crippen LogP contribution in [0.4, 0.5) is 18.9 Å². The number of allylic oxidation sites excluding steroid dienone is 1. The van der Waals surface area contributed by atoms with Gasteiger partial charge in [-0.1, -0.05) is 60.1 Å². The van der Waals surface area contributed by atoms with E-state index in [1.54, 1.807) is 19.2 Å². The lowest BCUT2D eigenvalue weighted by atomic mass is 10.2. The van der Waals surface area contributed by atoms with E-state index in [1.165, 1.54) is 12.3 Å². The van der Waals surface area contributed by atoms with Gasteiger partial charge in [0, 0.05) is 41.8 Å². The molecule has 8 heteroatoms. The summed E-state index contributed by atoms with van der Waals surface area (Å²) in [7, 11) is 0. The Bertz CT molecular complexity index is 1150. The number of hydrogen-bond donors (Lipinski definition) is 2. The minimum Gasteiger partial charge on any atom is -0.358 e. The Morgan fingerprint density at radius 3 is 2.38 bits per heavy atom. The Kier molecular flexibility index (Phi) is 8.87. The monoisotopic (exact) mass is 484 g/mol. The van der Waals surface area contributed by atoms with Crippen LogP contribution in [0.15, 0.2) is 101 Å². The Labute approximate surface area is 201 Å². The topological polar surface area (TPSA) is 48.8 Å². The number of halogens is 4. The van der Waals surface area contributed by atoms with Gasteiger partial charge in [-0.2, -0.15) is 13.2 Å². The lowest BCUT2D eigenvalue weighted by Gasteiger charge is -2.10. The number of nitrogens with one attached hydrogen (secondary N) is 2. The molecular weight excluding hydrogens is 461 g/mol. The van der Waals surface area contributed by atoms with Gasteiger partial charge in [0.05, 0.1) is 5.56 Å². The minimum atomic E-state index is -4.40. The Hall–Kier alpha value is -3.58. The van der Waals surface area contributed by atoms with Crippen molar-refractivity contribution < 1.29 is 13.2 Å². The van der Waals surface area contributed by atoms with Gasteiger partial charge in [0.15, 0.2) is 0 Å². The molecular formula is C26H24ClF3N4. The molecule has 0 heterocycles. The molecule has 0 aromatic heterocycles. The molecule has 0 aliphatic rings. The van der Waals surface area contributed by atoms with Crippen LogP contribution in [-0.2, 0) is 19.1 Å². The number of nitrogens with zero attached hydrogens (tertiary/aromatic N) is 2. The van der Waals surface area contributed by atoms with Gasteiger partial charge >= 0.3 is 6.18 Å². The molecule has 34 heavy (non-hydrogen) atoms. The first-order valence-electron chi connectivity index (χ1n) is 10.5. The minimum absolute atomic E-state index is 0.323. The molecule has 176 valence electrons. The smallest absolute Gasteiger partial charge is 0.358 e. The SMILES string of the molecule is C\C(=C/N=C(\N=C\Cc1ccc(Cl)cc1)NCc1ccccc1)Nc1cccc(C(F)(F)F)c1. The molecule has 0 spiro atoms. The highest BCUT2D eigenvalue weighted by molar-refractivity contribution is 6.30. The Morgan fingerprint density at radius 1 is 0.941 bits per heavy atom. The molecule has 0 atom stereocenters. The third kappa shape index (κ3) is 8.41. The van der Waals surface area contributed by atoms with Gasteiger partial charge in [-0.25, -0.2) is 9.98 Å². The normalized spacial score (nSPS) is 12.7. The predicted molar refractivity (Wildman–Crippen MR) is 133 cm³/mol. The van der Waals surface area contributed by atoms with Crippen LogP contribution >= 0.6 is 11.6 Å². The summed E-state index contributed by atoms with van der Waals surface area (Å²) in [4.78, 5) is 8.83. The number of aliphatic imine (C=N–C) groups is 2. The summed E-state index contributed by atoms with van der Waals surface area (Å²) in [5, 5.41) is 6.79. The lowest BCUT2D eigenvalue weighted by Crippen LogP contribution is -2.21. The maximum absolute atomic E-state index is 12.9. The van der Waals surface area contributed by atoms with Crippen molar-refractivity contribution in [3.05, 3.63) is 112 Å². The second-order valence-corrected chi connectivity index (χ2v) is 7.89. The van der Waals surface area contributed by atoms with E-state index in [2.05, 4.69) is 20.6 Å². The lowest BCUT2D eigenvalue weighted by molar-refractivity contribution is -0.137. The molecule has 4 nitrogen and oxygen atoms in total. The maximum Gasteiger partial charge on any atom is 0.416 e. The number of alkyl halides is 3. The van der Waals surface area contributed by atoms with Crippen molar-refractivity contribution in [1.29, 1.82) is 0 Å². The fraction of sp³-hybridized carbons (Fsp3) is 0.154. The zero-order valence-electron chi connectivity index (χ0n) is 18.5. The summed E-state index contributed by atoms with van der Waals surface area (Å²) in [6, 6.07) is 22.3. The zero-order chi connectivity index (χ0) is 24.4. The van der Waals surface area contributed by atoms with E-state index >= 15 is 0 Å². The Morgan fingerprint density at radius 2 is 1.68 bits per heavy atom. The highest BCUT2D eigenvalue weighted by Crippen LogP contribution is 2.30. The van der Waals surface area contributed by atoms with Crippen molar-refractivity contribution in [3.8, 4) is 0 Å². The van der Waals surface area contributed by atoms with Crippen LogP contribution in [0.2, 0.25) is 5.02 Å². The van der Waals surface area contributed by atoms with E-state index < -0.39 is 11.7 Å². The molecule has 3 aromatic rings. The standard InChI is InChI=1S/C26H24ClF3N4/c1-19(34-24-9-5-8-22(16-24)26(28,29)30)17-32-25(33-18-21-6-3-2-4-7-21)31-15-14-20-10-12-23(27)13-11-20/h2-13,15-17,34H,14,18H2,1H3,(H,32,33)/b19-17+,31-15+. The van der Waals surface area contributed by atoms with Gasteiger partial charge in [0.25, 0.3) is 0 Å². The highest BCUT2D eigenvalue weighted by atomic mass is 35.5. The van der Waals surface area contributed by atoms with E-state index in [0.29, 0.717) is 35.3 Å². The van der Waals surface area contributed by atoms with Crippen LogP contribution in [0, 0.1) is 0 Å². The van der Waals surface area contributed by atoms with Crippen molar-refractivity contribution in [2.45, 2.75) is 26.1 Å². The molecule has 3 aromatic carbocycles. The fourth-order valence-corrected chi connectivity index (χ4v) is 3.08. The van der Waals surface area contributed by atoms with E-state index in [0.717, 1.165) is 23.3 Å². The average molecular weight is 485 g/mol. The third-order valence-electron chi connectivity index (χ3n) is 4.66. The molecule has 0 saturated carbocycles. The van der Waals surface area contributed by atoms with Crippen molar-refractivity contribution in [2.75, 3.05) is 5.32 Å². The van der Waals surface area contributed by atoms with Crippen LogP contribution < -0.4 is 10.6 Å². The van der Waals surface area contributed by atoms with Gasteiger partial charge < -0.3 is 10.6 Å². The van der Waals surface area contributed by atoms with E-state index in [4.69, 9.17) is 11.6 Å². The predicted octanol–water partition coefficient (Wildman–Crippen LogP) is 7.09. The summed E-state index contributed by atoms with van der Waals surface area (Å²) in [6.45, 7) is 2.24. The zero-order valence-corrected chi connectivity index (χ0v) is 19.2. The molecule has 0 radical (unpaired) electrons. The van der Waals surface area contributed by atoms with Crippen LogP contribution in [0.1, 0.15) is 23.6 Å². The van der Waals surface area contributed by atoms with E-state index in [9.17, 15) is 13.2 Å². The summed E-state index contributed by atoms with van der Waals surface area (Å²) >= 11 is 5.92. The number of benzene rings is 3. The van der Waals surface area contributed by atoms with Gasteiger partial charge in [0.2, 0.25) is 5.96 Å². The first-order valence-corrected chi connectivity index (χ1v) is 10.9. The van der Waals surface area contributed by atoms with Gasteiger partial charge in [0.1, 0.15) is 0 Å². The van der Waals surface area contributed by atoms with Gasteiger partial charge in [-0.3, -0.25) is 0 Å². The van der Waals surface area contributed by atoms with E-state index in [1.807, 2.05) is 54.6 Å². The van der Waals surface area contributed by atoms with Crippen molar-refractivity contribution >= 4 is 29.5 Å². The second-order valence-electron chi connectivity index (χ2n) is 7.45. The summed E-state index contributed by atoms with van der Waals surface area (Å²) in [5.41, 5.74) is 2.28. The molecule has 3 rings (SSSR count). The molecule has 2 N–H and O–H groups in total. The van der Waals surface area contributed by atoms with Crippen LogP contribution in [-0.4, -0.2) is 12.2 Å². The summed E-state index contributed by atoms with van der Waals surface area (Å²) in [5.74, 6) is 0.378. The molecule has 0 unspecified atom stereocenters. The van der Waals surface area contributed by atoms with Gasteiger partial charge in [-0.15, -0.1) is 0 Å². The van der Waals surface area contributed by atoms with Crippen molar-refractivity contribution in [2.24, 2.45) is 9.98 Å². The molecule has 0 fully saturated rings. The molecule has 0 bridgehead atoms. The summed E-state index contributed by atoms with van der Waals surface area (Å²) in [6.07, 6.45) is -0.550. The molecule has 0 aliphatic heterocycles. The largest absolute Gasteiger partial charge is 0.416 e. The maximum atomic E-state index is 12.9. The number of hydrogen-bond acceptors (Lipinski definition) is 2. The first-order chi connectivity index (χ1) is 16.3.